The number of aliphatic carboxylic acids is 1. The van der Waals surface area contributed by atoms with Crippen molar-refractivity contribution in [2.75, 3.05) is 0 Å². The van der Waals surface area contributed by atoms with Gasteiger partial charge in [-0.05, 0) is 31.5 Å². The molecule has 0 bridgehead atoms. The molecular weight excluding hydrogens is 212 g/mol. The Labute approximate surface area is 93.1 Å². The minimum Gasteiger partial charge on any atom is -0.480 e. The van der Waals surface area contributed by atoms with Crippen LogP contribution in [0.1, 0.15) is 25.5 Å². The zero-order chi connectivity index (χ0) is 11.4. The lowest BCUT2D eigenvalue weighted by atomic mass is 10.1. The summed E-state index contributed by atoms with van der Waals surface area (Å²) in [6.07, 6.45) is -0.485. The third-order valence-corrected chi connectivity index (χ3v) is 3.12. The van der Waals surface area contributed by atoms with Crippen molar-refractivity contribution in [2.45, 2.75) is 30.1 Å². The van der Waals surface area contributed by atoms with Gasteiger partial charge in [0.15, 0.2) is 0 Å². The van der Waals surface area contributed by atoms with Gasteiger partial charge in [-0.15, -0.1) is 11.8 Å². The smallest absolute Gasteiger partial charge is 0.316 e. The maximum atomic E-state index is 10.6. The van der Waals surface area contributed by atoms with Crippen LogP contribution in [0, 0.1) is 0 Å². The van der Waals surface area contributed by atoms with E-state index >= 15 is 0 Å². The third-order valence-electron chi connectivity index (χ3n) is 2.02. The van der Waals surface area contributed by atoms with Crippen molar-refractivity contribution in [1.29, 1.82) is 0 Å². The monoisotopic (exact) mass is 226 g/mol. The third kappa shape index (κ3) is 3.57. The van der Waals surface area contributed by atoms with Crippen molar-refractivity contribution in [1.82, 2.24) is 0 Å². The molecule has 0 heterocycles. The van der Waals surface area contributed by atoms with E-state index in [1.165, 1.54) is 11.8 Å². The molecule has 0 saturated carbocycles. The van der Waals surface area contributed by atoms with Gasteiger partial charge in [-0.25, -0.2) is 0 Å². The van der Waals surface area contributed by atoms with Gasteiger partial charge in [0.2, 0.25) is 0 Å². The molecule has 4 heteroatoms. The Morgan fingerprint density at radius 1 is 1.27 bits per heavy atom. The van der Waals surface area contributed by atoms with Gasteiger partial charge in [-0.1, -0.05) is 12.1 Å². The number of thioether (sulfide) groups is 1. The number of carboxylic acids is 1. The van der Waals surface area contributed by atoms with E-state index in [2.05, 4.69) is 0 Å². The minimum absolute atomic E-state index is 0.456. The molecule has 0 aromatic heterocycles. The average Bonchev–Trinajstić information content (AvgIpc) is 2.18. The summed E-state index contributed by atoms with van der Waals surface area (Å²) in [6, 6.07) is 7.27. The van der Waals surface area contributed by atoms with Gasteiger partial charge in [0.05, 0.1) is 6.10 Å². The second kappa shape index (κ2) is 5.19. The lowest BCUT2D eigenvalue weighted by Gasteiger charge is -2.08. The summed E-state index contributed by atoms with van der Waals surface area (Å²) >= 11 is 1.29. The van der Waals surface area contributed by atoms with E-state index in [9.17, 15) is 9.90 Å². The molecule has 2 atom stereocenters. The zero-order valence-corrected chi connectivity index (χ0v) is 9.49. The molecule has 0 saturated heterocycles. The fourth-order valence-electron chi connectivity index (χ4n) is 1.08. The Morgan fingerprint density at radius 2 is 1.80 bits per heavy atom. The quantitative estimate of drug-likeness (QED) is 0.773. The lowest BCUT2D eigenvalue weighted by Crippen LogP contribution is -2.10. The van der Waals surface area contributed by atoms with E-state index in [1.54, 1.807) is 13.8 Å². The van der Waals surface area contributed by atoms with Crippen LogP contribution >= 0.6 is 11.8 Å². The first-order chi connectivity index (χ1) is 7.00. The average molecular weight is 226 g/mol. The van der Waals surface area contributed by atoms with Gasteiger partial charge in [0.1, 0.15) is 5.25 Å². The van der Waals surface area contributed by atoms with Crippen molar-refractivity contribution < 1.29 is 15.0 Å². The summed E-state index contributed by atoms with van der Waals surface area (Å²) in [4.78, 5) is 11.5. The molecule has 1 aromatic rings. The second-order valence-corrected chi connectivity index (χ2v) is 4.76. The number of rotatable bonds is 4. The number of carbonyl (C=O) groups is 1. The van der Waals surface area contributed by atoms with E-state index in [1.807, 2.05) is 24.3 Å². The summed E-state index contributed by atoms with van der Waals surface area (Å²) in [5.41, 5.74) is 0.835. The van der Waals surface area contributed by atoms with Crippen LogP contribution in [0.5, 0.6) is 0 Å². The van der Waals surface area contributed by atoms with E-state index in [0.717, 1.165) is 10.5 Å². The van der Waals surface area contributed by atoms with Gasteiger partial charge in [-0.3, -0.25) is 4.79 Å². The predicted octanol–water partition coefficient (Wildman–Crippen LogP) is 2.31. The maximum Gasteiger partial charge on any atom is 0.316 e. The van der Waals surface area contributed by atoms with Crippen LogP contribution in [0.2, 0.25) is 0 Å². The second-order valence-electron chi connectivity index (χ2n) is 3.34. The molecule has 3 nitrogen and oxygen atoms in total. The van der Waals surface area contributed by atoms with Crippen LogP contribution in [0.15, 0.2) is 29.2 Å². The van der Waals surface area contributed by atoms with E-state index < -0.39 is 17.3 Å². The number of aliphatic hydroxyl groups is 1. The Balaban J connectivity index is 2.68. The van der Waals surface area contributed by atoms with E-state index in [-0.39, 0.29) is 0 Å². The Morgan fingerprint density at radius 3 is 2.20 bits per heavy atom. The van der Waals surface area contributed by atoms with E-state index in [0.29, 0.717) is 0 Å². The highest BCUT2D eigenvalue weighted by Gasteiger charge is 2.12. The molecule has 15 heavy (non-hydrogen) atoms. The van der Waals surface area contributed by atoms with Crippen LogP contribution in [0.4, 0.5) is 0 Å². The summed E-state index contributed by atoms with van der Waals surface area (Å²) in [6.45, 7) is 3.34. The molecule has 0 spiro atoms. The van der Waals surface area contributed by atoms with Crippen molar-refractivity contribution in [3.63, 3.8) is 0 Å². The van der Waals surface area contributed by atoms with Gasteiger partial charge >= 0.3 is 5.97 Å². The van der Waals surface area contributed by atoms with E-state index in [4.69, 9.17) is 5.11 Å². The SMILES string of the molecule is CC(Sc1ccc(C(C)O)cc1)C(=O)O. The molecule has 0 aliphatic carbocycles. The Bertz CT molecular complexity index is 332. The van der Waals surface area contributed by atoms with Crippen molar-refractivity contribution in [2.24, 2.45) is 0 Å². The molecule has 0 radical (unpaired) electrons. The predicted molar refractivity (Wildman–Crippen MR) is 60.0 cm³/mol. The van der Waals surface area contributed by atoms with Crippen LogP contribution < -0.4 is 0 Å². The highest BCUT2D eigenvalue weighted by atomic mass is 32.2. The maximum absolute atomic E-state index is 10.6. The standard InChI is InChI=1S/C11H14O3S/c1-7(12)9-3-5-10(6-4-9)15-8(2)11(13)14/h3-8,12H,1-2H3,(H,13,14). The van der Waals surface area contributed by atoms with Gasteiger partial charge in [0, 0.05) is 4.90 Å². The highest BCUT2D eigenvalue weighted by Crippen LogP contribution is 2.24. The molecule has 0 aliphatic heterocycles. The molecule has 82 valence electrons. The molecule has 0 fully saturated rings. The molecule has 2 N–H and O–H groups in total. The minimum atomic E-state index is -0.820. The normalized spacial score (nSPS) is 14.6. The lowest BCUT2D eigenvalue weighted by molar-refractivity contribution is -0.136. The molecular formula is C11H14O3S. The van der Waals surface area contributed by atoms with Gasteiger partial charge < -0.3 is 10.2 Å². The topological polar surface area (TPSA) is 57.5 Å². The molecule has 0 amide bonds. The molecule has 1 aromatic carbocycles. The van der Waals surface area contributed by atoms with Crippen molar-refractivity contribution in [3.8, 4) is 0 Å². The number of hydrogen-bond acceptors (Lipinski definition) is 3. The summed E-state index contributed by atoms with van der Waals surface area (Å²) < 4.78 is 0. The Kier molecular flexibility index (Phi) is 4.17. The first-order valence-corrected chi connectivity index (χ1v) is 5.56. The van der Waals surface area contributed by atoms with Crippen LogP contribution in [-0.4, -0.2) is 21.4 Å². The van der Waals surface area contributed by atoms with Gasteiger partial charge in [-0.2, -0.15) is 0 Å². The first kappa shape index (κ1) is 12.1. The van der Waals surface area contributed by atoms with Crippen molar-refractivity contribution in [3.05, 3.63) is 29.8 Å². The fraction of sp³-hybridized carbons (Fsp3) is 0.364. The number of benzene rings is 1. The number of carboxylic acid groups (broad SMARTS) is 1. The first-order valence-electron chi connectivity index (χ1n) is 4.68. The molecule has 1 rings (SSSR count). The number of hydrogen-bond donors (Lipinski definition) is 2. The van der Waals surface area contributed by atoms with Gasteiger partial charge in [0.25, 0.3) is 0 Å². The summed E-state index contributed by atoms with van der Waals surface area (Å²) in [7, 11) is 0. The molecule has 2 unspecified atom stereocenters. The van der Waals surface area contributed by atoms with Crippen LogP contribution in [0.3, 0.4) is 0 Å². The number of aliphatic hydroxyl groups excluding tert-OH is 1. The molecule has 0 aliphatic rings. The highest BCUT2D eigenvalue weighted by molar-refractivity contribution is 8.00. The Hall–Kier alpha value is -1.00. The van der Waals surface area contributed by atoms with Crippen LogP contribution in [-0.2, 0) is 4.79 Å². The summed E-state index contributed by atoms with van der Waals surface area (Å²) in [5.74, 6) is -0.820. The fourth-order valence-corrected chi connectivity index (χ4v) is 1.88. The van der Waals surface area contributed by atoms with Crippen LogP contribution in [0.25, 0.3) is 0 Å². The van der Waals surface area contributed by atoms with Crippen molar-refractivity contribution >= 4 is 17.7 Å². The summed E-state index contributed by atoms with van der Waals surface area (Å²) in [5, 5.41) is 17.6. The largest absolute Gasteiger partial charge is 0.480 e. The zero-order valence-electron chi connectivity index (χ0n) is 8.68.